The molecule has 0 aliphatic rings. The van der Waals surface area contributed by atoms with Gasteiger partial charge in [0.25, 0.3) is 5.91 Å². The SMILES string of the molecule is Cc1cc(C(=O)NOCc2ccccc2)ccn1. The Morgan fingerprint density at radius 1 is 1.28 bits per heavy atom. The van der Waals surface area contributed by atoms with Crippen molar-refractivity contribution in [3.8, 4) is 0 Å². The molecule has 0 saturated carbocycles. The molecule has 1 heterocycles. The fourth-order valence-electron chi connectivity index (χ4n) is 1.50. The largest absolute Gasteiger partial charge is 0.274 e. The second-order valence-corrected chi connectivity index (χ2v) is 3.89. The van der Waals surface area contributed by atoms with E-state index in [-0.39, 0.29) is 5.91 Å². The van der Waals surface area contributed by atoms with E-state index >= 15 is 0 Å². The summed E-state index contributed by atoms with van der Waals surface area (Å²) in [6.45, 7) is 2.18. The van der Waals surface area contributed by atoms with Gasteiger partial charge in [-0.05, 0) is 24.6 Å². The summed E-state index contributed by atoms with van der Waals surface area (Å²) >= 11 is 0. The third-order valence-electron chi connectivity index (χ3n) is 2.41. The van der Waals surface area contributed by atoms with Gasteiger partial charge in [0.05, 0.1) is 6.61 Å². The van der Waals surface area contributed by atoms with Gasteiger partial charge in [-0.2, -0.15) is 0 Å². The minimum atomic E-state index is -0.267. The highest BCUT2D eigenvalue weighted by molar-refractivity contribution is 5.93. The van der Waals surface area contributed by atoms with Gasteiger partial charge < -0.3 is 0 Å². The Balaban J connectivity index is 1.86. The zero-order valence-electron chi connectivity index (χ0n) is 10.1. The van der Waals surface area contributed by atoms with Gasteiger partial charge in [-0.1, -0.05) is 30.3 Å². The van der Waals surface area contributed by atoms with Crippen molar-refractivity contribution in [3.63, 3.8) is 0 Å². The third-order valence-corrected chi connectivity index (χ3v) is 2.41. The van der Waals surface area contributed by atoms with Crippen molar-refractivity contribution in [3.05, 3.63) is 65.5 Å². The molecule has 1 aromatic carbocycles. The summed E-state index contributed by atoms with van der Waals surface area (Å²) in [5.74, 6) is -0.267. The van der Waals surface area contributed by atoms with Crippen LogP contribution in [0.25, 0.3) is 0 Å². The molecule has 0 fully saturated rings. The monoisotopic (exact) mass is 242 g/mol. The number of hydroxylamine groups is 1. The normalized spacial score (nSPS) is 10.1. The molecule has 0 saturated heterocycles. The molecule has 0 bridgehead atoms. The first-order valence-corrected chi connectivity index (χ1v) is 5.64. The van der Waals surface area contributed by atoms with Crippen LogP contribution in [0.1, 0.15) is 21.6 Å². The highest BCUT2D eigenvalue weighted by atomic mass is 16.6. The molecule has 4 nitrogen and oxygen atoms in total. The average molecular weight is 242 g/mol. The van der Waals surface area contributed by atoms with E-state index in [0.29, 0.717) is 12.2 Å². The number of rotatable bonds is 4. The van der Waals surface area contributed by atoms with Crippen LogP contribution in [-0.2, 0) is 11.4 Å². The Labute approximate surface area is 106 Å². The molecule has 4 heteroatoms. The van der Waals surface area contributed by atoms with E-state index in [9.17, 15) is 4.79 Å². The molecular formula is C14H14N2O2. The molecule has 0 atom stereocenters. The number of carbonyl (C=O) groups is 1. The van der Waals surface area contributed by atoms with Crippen LogP contribution < -0.4 is 5.48 Å². The Hall–Kier alpha value is -2.20. The summed E-state index contributed by atoms with van der Waals surface area (Å²) in [4.78, 5) is 20.9. The standard InChI is InChI=1S/C14H14N2O2/c1-11-9-13(7-8-15-11)14(17)16-18-10-12-5-3-2-4-6-12/h2-9H,10H2,1H3,(H,16,17). The number of aryl methyl sites for hydroxylation is 1. The van der Waals surface area contributed by atoms with Crippen molar-refractivity contribution in [2.75, 3.05) is 0 Å². The summed E-state index contributed by atoms with van der Waals surface area (Å²) in [6, 6.07) is 13.0. The molecule has 2 aromatic rings. The summed E-state index contributed by atoms with van der Waals surface area (Å²) in [5, 5.41) is 0. The lowest BCUT2D eigenvalue weighted by atomic mass is 10.2. The fraction of sp³-hybridized carbons (Fsp3) is 0.143. The number of carbonyl (C=O) groups excluding carboxylic acids is 1. The van der Waals surface area contributed by atoms with Gasteiger partial charge in [-0.25, -0.2) is 5.48 Å². The van der Waals surface area contributed by atoms with Crippen molar-refractivity contribution in [2.45, 2.75) is 13.5 Å². The summed E-state index contributed by atoms with van der Waals surface area (Å²) in [5.41, 5.74) is 4.75. The maximum Gasteiger partial charge on any atom is 0.274 e. The predicted molar refractivity (Wildman–Crippen MR) is 67.7 cm³/mol. The van der Waals surface area contributed by atoms with Crippen molar-refractivity contribution >= 4 is 5.91 Å². The molecule has 1 amide bonds. The van der Waals surface area contributed by atoms with Crippen LogP contribution in [0, 0.1) is 6.92 Å². The average Bonchev–Trinajstić information content (AvgIpc) is 2.40. The summed E-state index contributed by atoms with van der Waals surface area (Å²) in [7, 11) is 0. The van der Waals surface area contributed by atoms with Crippen LogP contribution in [0.3, 0.4) is 0 Å². The lowest BCUT2D eigenvalue weighted by Crippen LogP contribution is -2.23. The van der Waals surface area contributed by atoms with Crippen molar-refractivity contribution in [2.24, 2.45) is 0 Å². The van der Waals surface area contributed by atoms with Crippen molar-refractivity contribution in [1.29, 1.82) is 0 Å². The first-order chi connectivity index (χ1) is 8.75. The number of pyridine rings is 1. The van der Waals surface area contributed by atoms with Crippen LogP contribution in [-0.4, -0.2) is 10.9 Å². The zero-order valence-corrected chi connectivity index (χ0v) is 10.1. The van der Waals surface area contributed by atoms with Crippen LogP contribution in [0.4, 0.5) is 0 Å². The van der Waals surface area contributed by atoms with E-state index in [0.717, 1.165) is 11.3 Å². The highest BCUT2D eigenvalue weighted by Crippen LogP contribution is 2.02. The molecule has 2 rings (SSSR count). The number of nitrogens with zero attached hydrogens (tertiary/aromatic N) is 1. The minimum absolute atomic E-state index is 0.267. The smallest absolute Gasteiger partial charge is 0.269 e. The van der Waals surface area contributed by atoms with Crippen LogP contribution >= 0.6 is 0 Å². The van der Waals surface area contributed by atoms with E-state index in [1.54, 1.807) is 18.3 Å². The first-order valence-electron chi connectivity index (χ1n) is 5.64. The fourth-order valence-corrected chi connectivity index (χ4v) is 1.50. The second-order valence-electron chi connectivity index (χ2n) is 3.89. The highest BCUT2D eigenvalue weighted by Gasteiger charge is 2.05. The summed E-state index contributed by atoms with van der Waals surface area (Å²) < 4.78 is 0. The quantitative estimate of drug-likeness (QED) is 0.837. The lowest BCUT2D eigenvalue weighted by molar-refractivity contribution is 0.0233. The number of amides is 1. The van der Waals surface area contributed by atoms with Crippen LogP contribution in [0.5, 0.6) is 0 Å². The van der Waals surface area contributed by atoms with E-state index in [1.165, 1.54) is 0 Å². The van der Waals surface area contributed by atoms with Crippen LogP contribution in [0.2, 0.25) is 0 Å². The van der Waals surface area contributed by atoms with Gasteiger partial charge in [0, 0.05) is 17.5 Å². The van der Waals surface area contributed by atoms with E-state index in [1.807, 2.05) is 37.3 Å². The Bertz CT molecular complexity index is 526. The van der Waals surface area contributed by atoms with Gasteiger partial charge >= 0.3 is 0 Å². The molecule has 0 spiro atoms. The molecule has 0 radical (unpaired) electrons. The molecule has 0 aliphatic heterocycles. The molecule has 1 N–H and O–H groups in total. The van der Waals surface area contributed by atoms with Crippen molar-refractivity contribution in [1.82, 2.24) is 10.5 Å². The van der Waals surface area contributed by atoms with Crippen molar-refractivity contribution < 1.29 is 9.63 Å². The van der Waals surface area contributed by atoms with Gasteiger partial charge in [0.1, 0.15) is 0 Å². The maximum absolute atomic E-state index is 11.7. The topological polar surface area (TPSA) is 51.2 Å². The van der Waals surface area contributed by atoms with Gasteiger partial charge in [-0.3, -0.25) is 14.6 Å². The van der Waals surface area contributed by atoms with Gasteiger partial charge in [0.15, 0.2) is 0 Å². The number of hydrogen-bond acceptors (Lipinski definition) is 3. The van der Waals surface area contributed by atoms with E-state index in [2.05, 4.69) is 10.5 Å². The molecular weight excluding hydrogens is 228 g/mol. The number of hydrogen-bond donors (Lipinski definition) is 1. The van der Waals surface area contributed by atoms with Gasteiger partial charge in [0.2, 0.25) is 0 Å². The zero-order chi connectivity index (χ0) is 12.8. The molecule has 1 aromatic heterocycles. The number of benzene rings is 1. The lowest BCUT2D eigenvalue weighted by Gasteiger charge is -2.06. The van der Waals surface area contributed by atoms with Crippen LogP contribution in [0.15, 0.2) is 48.7 Å². The Kier molecular flexibility index (Phi) is 4.04. The summed E-state index contributed by atoms with van der Waals surface area (Å²) in [6.07, 6.45) is 1.60. The molecule has 18 heavy (non-hydrogen) atoms. The maximum atomic E-state index is 11.7. The Morgan fingerprint density at radius 3 is 2.78 bits per heavy atom. The minimum Gasteiger partial charge on any atom is -0.269 e. The van der Waals surface area contributed by atoms with E-state index < -0.39 is 0 Å². The molecule has 0 unspecified atom stereocenters. The number of aromatic nitrogens is 1. The second kappa shape index (κ2) is 5.93. The van der Waals surface area contributed by atoms with E-state index in [4.69, 9.17) is 4.84 Å². The Morgan fingerprint density at radius 2 is 2.06 bits per heavy atom. The van der Waals surface area contributed by atoms with Gasteiger partial charge in [-0.15, -0.1) is 0 Å². The third kappa shape index (κ3) is 3.40. The molecule has 0 aliphatic carbocycles. The predicted octanol–water partition coefficient (Wildman–Crippen LogP) is 2.25. The first kappa shape index (κ1) is 12.3. The molecule has 92 valence electrons. The number of nitrogens with one attached hydrogen (secondary N) is 1.